The van der Waals surface area contributed by atoms with E-state index in [1.54, 1.807) is 0 Å². The molecule has 1 fully saturated rings. The molecule has 0 aromatic carbocycles. The molecule has 0 aliphatic heterocycles. The van der Waals surface area contributed by atoms with E-state index in [-0.39, 0.29) is 0 Å². The molecule has 0 heterocycles. The topological polar surface area (TPSA) is 62.4 Å². The van der Waals surface area contributed by atoms with Crippen molar-refractivity contribution in [1.29, 1.82) is 0 Å². The first-order valence-corrected chi connectivity index (χ1v) is 6.79. The number of rotatable bonds is 6. The minimum absolute atomic E-state index is 0.411. The van der Waals surface area contributed by atoms with Crippen LogP contribution in [0.2, 0.25) is 0 Å². The van der Waals surface area contributed by atoms with Crippen molar-refractivity contribution in [3.8, 4) is 0 Å². The SMILES string of the molecule is CCCCNC(=NCC1(SC)CC1)NN. The molecule has 0 saturated heterocycles. The number of nitrogens with zero attached hydrogens (tertiary/aromatic N) is 1. The lowest BCUT2D eigenvalue weighted by Gasteiger charge is -2.11. The number of hydrazine groups is 1. The Labute approximate surface area is 96.4 Å². The molecule has 0 bridgehead atoms. The minimum Gasteiger partial charge on any atom is -0.355 e. The van der Waals surface area contributed by atoms with Crippen molar-refractivity contribution in [1.82, 2.24) is 10.7 Å². The summed E-state index contributed by atoms with van der Waals surface area (Å²) in [5.41, 5.74) is 2.62. The molecule has 4 nitrogen and oxygen atoms in total. The summed E-state index contributed by atoms with van der Waals surface area (Å²) in [6, 6.07) is 0. The number of thioether (sulfide) groups is 1. The van der Waals surface area contributed by atoms with Gasteiger partial charge in [-0.2, -0.15) is 11.8 Å². The predicted molar refractivity (Wildman–Crippen MR) is 68.0 cm³/mol. The maximum atomic E-state index is 5.40. The molecule has 0 atom stereocenters. The van der Waals surface area contributed by atoms with Gasteiger partial charge in [-0.1, -0.05) is 13.3 Å². The summed E-state index contributed by atoms with van der Waals surface area (Å²) >= 11 is 1.92. The highest BCUT2D eigenvalue weighted by atomic mass is 32.2. The van der Waals surface area contributed by atoms with E-state index in [2.05, 4.69) is 28.9 Å². The molecule has 0 aromatic rings. The fraction of sp³-hybridized carbons (Fsp3) is 0.900. The lowest BCUT2D eigenvalue weighted by Crippen LogP contribution is -2.42. The molecule has 0 radical (unpaired) electrons. The maximum Gasteiger partial charge on any atom is 0.205 e. The smallest absolute Gasteiger partial charge is 0.205 e. The van der Waals surface area contributed by atoms with Crippen molar-refractivity contribution in [2.45, 2.75) is 37.4 Å². The van der Waals surface area contributed by atoms with E-state index in [9.17, 15) is 0 Å². The van der Waals surface area contributed by atoms with Gasteiger partial charge in [0, 0.05) is 11.3 Å². The highest BCUT2D eigenvalue weighted by molar-refractivity contribution is 8.00. The van der Waals surface area contributed by atoms with E-state index >= 15 is 0 Å². The number of nitrogens with one attached hydrogen (secondary N) is 2. The van der Waals surface area contributed by atoms with Crippen molar-refractivity contribution in [2.75, 3.05) is 19.3 Å². The third-order valence-corrected chi connectivity index (χ3v) is 4.13. The minimum atomic E-state index is 0.411. The van der Waals surface area contributed by atoms with Gasteiger partial charge in [0.25, 0.3) is 0 Å². The molecule has 1 rings (SSSR count). The Morgan fingerprint density at radius 1 is 1.53 bits per heavy atom. The summed E-state index contributed by atoms with van der Waals surface area (Å²) in [6.45, 7) is 3.97. The van der Waals surface area contributed by atoms with Gasteiger partial charge in [0.2, 0.25) is 5.96 Å². The van der Waals surface area contributed by atoms with Gasteiger partial charge < -0.3 is 5.32 Å². The van der Waals surface area contributed by atoms with Crippen LogP contribution in [-0.4, -0.2) is 30.1 Å². The Morgan fingerprint density at radius 3 is 2.73 bits per heavy atom. The summed E-state index contributed by atoms with van der Waals surface area (Å²) in [7, 11) is 0. The van der Waals surface area contributed by atoms with Crippen LogP contribution < -0.4 is 16.6 Å². The van der Waals surface area contributed by atoms with Gasteiger partial charge in [-0.05, 0) is 25.5 Å². The van der Waals surface area contributed by atoms with Crippen molar-refractivity contribution in [2.24, 2.45) is 10.8 Å². The molecule has 0 amide bonds. The molecule has 5 heteroatoms. The number of aliphatic imine (C=N–C) groups is 1. The Bertz CT molecular complexity index is 213. The second-order valence-corrected chi connectivity index (χ2v) is 5.25. The van der Waals surface area contributed by atoms with Crippen LogP contribution in [0.25, 0.3) is 0 Å². The van der Waals surface area contributed by atoms with Gasteiger partial charge in [-0.25, -0.2) is 5.84 Å². The van der Waals surface area contributed by atoms with Gasteiger partial charge in [0.15, 0.2) is 0 Å². The Hall–Kier alpha value is -0.420. The van der Waals surface area contributed by atoms with E-state index in [0.29, 0.717) is 4.75 Å². The van der Waals surface area contributed by atoms with Gasteiger partial charge in [0.1, 0.15) is 0 Å². The fourth-order valence-corrected chi connectivity index (χ4v) is 2.03. The summed E-state index contributed by atoms with van der Waals surface area (Å²) in [5.74, 6) is 6.12. The molecule has 1 saturated carbocycles. The third kappa shape index (κ3) is 4.30. The number of unbranched alkanes of at least 4 members (excludes halogenated alkanes) is 1. The quantitative estimate of drug-likeness (QED) is 0.210. The van der Waals surface area contributed by atoms with E-state index in [4.69, 9.17) is 5.84 Å². The van der Waals surface area contributed by atoms with Crippen molar-refractivity contribution >= 4 is 17.7 Å². The molecule has 0 spiro atoms. The standard InChI is InChI=1S/C10H22N4S/c1-3-4-7-12-9(14-11)13-8-10(15-2)5-6-10/h3-8,11H2,1-2H3,(H2,12,13,14). The highest BCUT2D eigenvalue weighted by Gasteiger charge is 2.41. The Kier molecular flexibility index (Phi) is 5.25. The van der Waals surface area contributed by atoms with E-state index in [0.717, 1.165) is 25.5 Å². The highest BCUT2D eigenvalue weighted by Crippen LogP contribution is 2.47. The van der Waals surface area contributed by atoms with E-state index in [1.165, 1.54) is 19.3 Å². The summed E-state index contributed by atoms with van der Waals surface area (Å²) in [5, 5.41) is 3.20. The van der Waals surface area contributed by atoms with Crippen LogP contribution in [0.4, 0.5) is 0 Å². The van der Waals surface area contributed by atoms with Crippen LogP contribution in [0, 0.1) is 0 Å². The van der Waals surface area contributed by atoms with E-state index < -0.39 is 0 Å². The molecule has 1 aliphatic carbocycles. The van der Waals surface area contributed by atoms with Gasteiger partial charge in [-0.15, -0.1) is 0 Å². The molecule has 15 heavy (non-hydrogen) atoms. The van der Waals surface area contributed by atoms with Crippen LogP contribution in [0.1, 0.15) is 32.6 Å². The van der Waals surface area contributed by atoms with Crippen molar-refractivity contribution < 1.29 is 0 Å². The first-order valence-electron chi connectivity index (χ1n) is 5.56. The fourth-order valence-electron chi connectivity index (χ4n) is 1.33. The van der Waals surface area contributed by atoms with Crippen molar-refractivity contribution in [3.05, 3.63) is 0 Å². The van der Waals surface area contributed by atoms with Crippen LogP contribution in [-0.2, 0) is 0 Å². The zero-order valence-corrected chi connectivity index (χ0v) is 10.5. The first-order chi connectivity index (χ1) is 7.26. The maximum absolute atomic E-state index is 5.40. The average molecular weight is 230 g/mol. The van der Waals surface area contributed by atoms with Crippen LogP contribution in [0.15, 0.2) is 4.99 Å². The Balaban J connectivity index is 2.27. The molecule has 88 valence electrons. The van der Waals surface area contributed by atoms with Gasteiger partial charge in [-0.3, -0.25) is 10.4 Å². The molecular weight excluding hydrogens is 208 g/mol. The molecule has 1 aliphatic rings. The normalized spacial score (nSPS) is 18.7. The summed E-state index contributed by atoms with van der Waals surface area (Å²) in [4.78, 5) is 4.47. The van der Waals surface area contributed by atoms with E-state index in [1.807, 2.05) is 11.8 Å². The average Bonchev–Trinajstić information content (AvgIpc) is 3.04. The first kappa shape index (κ1) is 12.6. The summed E-state index contributed by atoms with van der Waals surface area (Å²) in [6.07, 6.45) is 7.05. The summed E-state index contributed by atoms with van der Waals surface area (Å²) < 4.78 is 0.411. The second-order valence-electron chi connectivity index (χ2n) is 3.98. The number of nitrogens with two attached hydrogens (primary N) is 1. The molecule has 0 aromatic heterocycles. The van der Waals surface area contributed by atoms with Gasteiger partial charge >= 0.3 is 0 Å². The predicted octanol–water partition coefficient (Wildman–Crippen LogP) is 1.09. The lowest BCUT2D eigenvalue weighted by molar-refractivity contribution is 0.729. The largest absolute Gasteiger partial charge is 0.355 e. The Morgan fingerprint density at radius 2 is 2.27 bits per heavy atom. The monoisotopic (exact) mass is 230 g/mol. The third-order valence-electron chi connectivity index (χ3n) is 2.73. The second kappa shape index (κ2) is 6.23. The number of hydrogen-bond acceptors (Lipinski definition) is 3. The van der Waals surface area contributed by atoms with Gasteiger partial charge in [0.05, 0.1) is 6.54 Å². The molecular formula is C10H22N4S. The van der Waals surface area contributed by atoms with Crippen molar-refractivity contribution in [3.63, 3.8) is 0 Å². The van der Waals surface area contributed by atoms with Crippen LogP contribution >= 0.6 is 11.8 Å². The van der Waals surface area contributed by atoms with Crippen LogP contribution in [0.3, 0.4) is 0 Å². The zero-order valence-electron chi connectivity index (χ0n) is 9.68. The van der Waals surface area contributed by atoms with Crippen LogP contribution in [0.5, 0.6) is 0 Å². The lowest BCUT2D eigenvalue weighted by atomic mass is 10.3. The molecule has 0 unspecified atom stereocenters. The zero-order chi connectivity index (χ0) is 11.1. The molecule has 4 N–H and O–H groups in total. The number of hydrogen-bond donors (Lipinski definition) is 3. The number of guanidine groups is 1.